The highest BCUT2D eigenvalue weighted by Crippen LogP contribution is 2.41. The summed E-state index contributed by atoms with van der Waals surface area (Å²) >= 11 is 0. The van der Waals surface area contributed by atoms with E-state index in [2.05, 4.69) is 21.8 Å². The second-order valence-electron chi connectivity index (χ2n) is 8.03. The van der Waals surface area contributed by atoms with Gasteiger partial charge in [0.1, 0.15) is 12.1 Å². The van der Waals surface area contributed by atoms with E-state index in [-0.39, 0.29) is 5.41 Å². The highest BCUT2D eigenvalue weighted by Gasteiger charge is 2.45. The molecule has 2 aliphatic heterocycles. The lowest BCUT2D eigenvalue weighted by Crippen LogP contribution is -2.45. The molecule has 2 saturated heterocycles. The van der Waals surface area contributed by atoms with Crippen LogP contribution in [0.5, 0.6) is 5.88 Å². The van der Waals surface area contributed by atoms with Crippen LogP contribution in [0.2, 0.25) is 0 Å². The largest absolute Gasteiger partial charge is 0.481 e. The van der Waals surface area contributed by atoms with Crippen LogP contribution in [0.25, 0.3) is 0 Å². The van der Waals surface area contributed by atoms with E-state index in [0.29, 0.717) is 23.9 Å². The van der Waals surface area contributed by atoms with E-state index in [1.165, 1.54) is 6.33 Å². The molecule has 4 rings (SSSR count). The molecule has 29 heavy (non-hydrogen) atoms. The number of rotatable bonds is 5. The first kappa shape index (κ1) is 20.1. The summed E-state index contributed by atoms with van der Waals surface area (Å²) in [6.45, 7) is 4.90. The Bertz CT molecular complexity index is 964. The Hall–Kier alpha value is -2.19. The van der Waals surface area contributed by atoms with Gasteiger partial charge in [-0.1, -0.05) is 19.1 Å². The van der Waals surface area contributed by atoms with Gasteiger partial charge in [0, 0.05) is 37.7 Å². The molecule has 2 aliphatic rings. The molecule has 0 N–H and O–H groups in total. The van der Waals surface area contributed by atoms with Gasteiger partial charge in [-0.2, -0.15) is 4.31 Å². The highest BCUT2D eigenvalue weighted by atomic mass is 32.2. The molecule has 0 bridgehead atoms. The maximum Gasteiger partial charge on any atom is 0.243 e. The maximum absolute atomic E-state index is 13.2. The molecule has 8 heteroatoms. The van der Waals surface area contributed by atoms with Crippen LogP contribution in [0.15, 0.2) is 41.6 Å². The first-order valence-corrected chi connectivity index (χ1v) is 11.6. The minimum atomic E-state index is -3.46. The predicted molar refractivity (Wildman–Crippen MR) is 112 cm³/mol. The van der Waals surface area contributed by atoms with E-state index in [4.69, 9.17) is 4.74 Å². The van der Waals surface area contributed by atoms with Gasteiger partial charge in [-0.15, -0.1) is 0 Å². The third-order valence-electron chi connectivity index (χ3n) is 6.19. The third kappa shape index (κ3) is 3.96. The van der Waals surface area contributed by atoms with E-state index in [0.717, 1.165) is 50.2 Å². The molecule has 1 aromatic carbocycles. The second-order valence-corrected chi connectivity index (χ2v) is 9.97. The number of methoxy groups -OCH3 is 1. The fourth-order valence-electron chi connectivity index (χ4n) is 4.50. The zero-order chi connectivity index (χ0) is 20.5. The van der Waals surface area contributed by atoms with Crippen LogP contribution in [0.1, 0.15) is 31.7 Å². The monoisotopic (exact) mass is 416 g/mol. The number of sulfonamides is 1. The summed E-state index contributed by atoms with van der Waals surface area (Å²) < 4.78 is 33.2. The number of hydrogen-bond acceptors (Lipinski definition) is 6. The van der Waals surface area contributed by atoms with Crippen molar-refractivity contribution >= 4 is 15.8 Å². The molecule has 0 radical (unpaired) electrons. The number of benzene rings is 1. The zero-order valence-corrected chi connectivity index (χ0v) is 17.9. The third-order valence-corrected chi connectivity index (χ3v) is 8.05. The Morgan fingerprint density at radius 3 is 2.62 bits per heavy atom. The summed E-state index contributed by atoms with van der Waals surface area (Å²) in [5.41, 5.74) is 1.11. The standard InChI is InChI=1S/C21H28N4O3S/c1-3-17-5-7-18(8-6-17)29(26,27)25-12-10-21(15-25)9-4-11-24(14-21)19-13-20(28-2)23-16-22-19/h5-8,13,16H,3-4,9-12,14-15H2,1-2H3/t21-/m0/s1. The van der Waals surface area contributed by atoms with Gasteiger partial charge in [0.15, 0.2) is 0 Å². The molecule has 3 heterocycles. The van der Waals surface area contributed by atoms with Crippen molar-refractivity contribution in [3.63, 3.8) is 0 Å². The molecule has 1 aromatic heterocycles. The van der Waals surface area contributed by atoms with Crippen LogP contribution in [0, 0.1) is 5.41 Å². The van der Waals surface area contributed by atoms with Crippen molar-refractivity contribution in [3.8, 4) is 5.88 Å². The molecular formula is C21H28N4O3S. The number of piperidine rings is 1. The molecule has 0 saturated carbocycles. The molecule has 1 atom stereocenters. The summed E-state index contributed by atoms with van der Waals surface area (Å²) in [4.78, 5) is 11.1. The lowest BCUT2D eigenvalue weighted by molar-refractivity contribution is 0.246. The normalized spacial score (nSPS) is 22.9. The minimum absolute atomic E-state index is 0.0349. The molecule has 1 spiro atoms. The van der Waals surface area contributed by atoms with E-state index >= 15 is 0 Å². The Balaban J connectivity index is 1.51. The van der Waals surface area contributed by atoms with E-state index in [9.17, 15) is 8.42 Å². The molecular weight excluding hydrogens is 388 g/mol. The predicted octanol–water partition coefficient (Wildman–Crippen LogP) is 2.73. The van der Waals surface area contributed by atoms with Crippen molar-refractivity contribution in [1.82, 2.24) is 14.3 Å². The van der Waals surface area contributed by atoms with Crippen molar-refractivity contribution in [2.75, 3.05) is 38.2 Å². The molecule has 2 aromatic rings. The first-order valence-electron chi connectivity index (χ1n) is 10.2. The van der Waals surface area contributed by atoms with Gasteiger partial charge in [0.25, 0.3) is 0 Å². The van der Waals surface area contributed by atoms with Gasteiger partial charge in [-0.3, -0.25) is 0 Å². The Labute approximate surface area is 172 Å². The van der Waals surface area contributed by atoms with Crippen molar-refractivity contribution < 1.29 is 13.2 Å². The van der Waals surface area contributed by atoms with E-state index < -0.39 is 10.0 Å². The van der Waals surface area contributed by atoms with Gasteiger partial charge in [0.2, 0.25) is 15.9 Å². The lowest BCUT2D eigenvalue weighted by Gasteiger charge is -2.41. The molecule has 156 valence electrons. The molecule has 0 unspecified atom stereocenters. The van der Waals surface area contributed by atoms with Crippen LogP contribution in [-0.2, 0) is 16.4 Å². The van der Waals surface area contributed by atoms with Crippen LogP contribution >= 0.6 is 0 Å². The summed E-state index contributed by atoms with van der Waals surface area (Å²) in [7, 11) is -1.87. The van der Waals surface area contributed by atoms with Gasteiger partial charge >= 0.3 is 0 Å². The molecule has 0 aliphatic carbocycles. The molecule has 0 amide bonds. The summed E-state index contributed by atoms with van der Waals surface area (Å²) in [5, 5.41) is 0. The van der Waals surface area contributed by atoms with Gasteiger partial charge in [-0.05, 0) is 43.4 Å². The molecule has 7 nitrogen and oxygen atoms in total. The van der Waals surface area contributed by atoms with E-state index in [1.807, 2.05) is 18.2 Å². The Morgan fingerprint density at radius 1 is 1.10 bits per heavy atom. The SMILES string of the molecule is CCc1ccc(S(=O)(=O)N2CC[C@]3(CCCN(c4cc(OC)ncn4)C3)C2)cc1. The summed E-state index contributed by atoms with van der Waals surface area (Å²) in [6.07, 6.45) is 5.34. The summed E-state index contributed by atoms with van der Waals surface area (Å²) in [5.74, 6) is 1.38. The van der Waals surface area contributed by atoms with Crippen molar-refractivity contribution in [1.29, 1.82) is 0 Å². The minimum Gasteiger partial charge on any atom is -0.481 e. The topological polar surface area (TPSA) is 75.6 Å². The Morgan fingerprint density at radius 2 is 1.90 bits per heavy atom. The Kier molecular flexibility index (Phi) is 5.48. The maximum atomic E-state index is 13.2. The van der Waals surface area contributed by atoms with E-state index in [1.54, 1.807) is 23.5 Å². The number of hydrogen-bond donors (Lipinski definition) is 0. The van der Waals surface area contributed by atoms with Crippen LogP contribution in [0.4, 0.5) is 5.82 Å². The van der Waals surface area contributed by atoms with Crippen LogP contribution < -0.4 is 9.64 Å². The van der Waals surface area contributed by atoms with Gasteiger partial charge < -0.3 is 9.64 Å². The fraction of sp³-hybridized carbons (Fsp3) is 0.524. The van der Waals surface area contributed by atoms with Crippen LogP contribution in [0.3, 0.4) is 0 Å². The zero-order valence-electron chi connectivity index (χ0n) is 17.0. The average Bonchev–Trinajstić information content (AvgIpc) is 3.17. The van der Waals surface area contributed by atoms with Crippen LogP contribution in [-0.4, -0.2) is 56.0 Å². The van der Waals surface area contributed by atoms with Crippen molar-refractivity contribution in [3.05, 3.63) is 42.2 Å². The second kappa shape index (κ2) is 7.91. The summed E-state index contributed by atoms with van der Waals surface area (Å²) in [6, 6.07) is 9.13. The van der Waals surface area contributed by atoms with Gasteiger partial charge in [-0.25, -0.2) is 18.4 Å². The average molecular weight is 417 g/mol. The number of aryl methyl sites for hydroxylation is 1. The number of ether oxygens (including phenoxy) is 1. The highest BCUT2D eigenvalue weighted by molar-refractivity contribution is 7.89. The smallest absolute Gasteiger partial charge is 0.243 e. The van der Waals surface area contributed by atoms with Crippen molar-refractivity contribution in [2.24, 2.45) is 5.41 Å². The van der Waals surface area contributed by atoms with Crippen molar-refractivity contribution in [2.45, 2.75) is 37.5 Å². The first-order chi connectivity index (χ1) is 14.0. The molecule has 2 fully saturated rings. The number of aromatic nitrogens is 2. The number of anilines is 1. The number of nitrogens with zero attached hydrogens (tertiary/aromatic N) is 4. The fourth-order valence-corrected chi connectivity index (χ4v) is 6.05. The lowest BCUT2D eigenvalue weighted by atomic mass is 9.79. The quantitative estimate of drug-likeness (QED) is 0.746. The van der Waals surface area contributed by atoms with Gasteiger partial charge in [0.05, 0.1) is 12.0 Å².